The second kappa shape index (κ2) is 5.29. The van der Waals surface area contributed by atoms with E-state index in [4.69, 9.17) is 0 Å². The number of halogens is 6. The van der Waals surface area contributed by atoms with Crippen molar-refractivity contribution < 1.29 is 39.3 Å². The summed E-state index contributed by atoms with van der Waals surface area (Å²) >= 11 is 0. The largest absolute Gasteiger partial charge is 0.744 e. The number of rotatable bonds is 2. The molecule has 2 rings (SSSR count). The minimum Gasteiger partial charge on any atom is -0.744 e. The summed E-state index contributed by atoms with van der Waals surface area (Å²) in [7, 11) is -5.36. The van der Waals surface area contributed by atoms with Gasteiger partial charge in [-0.1, -0.05) is 0 Å². The molecule has 0 aromatic heterocycles. The molecule has 0 radical (unpaired) electrons. The van der Waals surface area contributed by atoms with Gasteiger partial charge in [-0.05, 0) is 18.2 Å². The molecular weight excluding hydrogens is 338 g/mol. The van der Waals surface area contributed by atoms with E-state index in [0.29, 0.717) is 12.1 Å². The Hall–Kier alpha value is -2.07. The zero-order valence-electron chi connectivity index (χ0n) is 10.1. The van der Waals surface area contributed by atoms with E-state index >= 15 is 0 Å². The average Bonchev–Trinajstić information content (AvgIpc) is 2.42. The van der Waals surface area contributed by atoms with Crippen LogP contribution in [0.3, 0.4) is 0 Å². The van der Waals surface area contributed by atoms with Gasteiger partial charge in [-0.15, -0.1) is 0 Å². The van der Waals surface area contributed by atoms with Crippen LogP contribution < -0.4 is 0 Å². The smallest absolute Gasteiger partial charge is 0.200 e. The summed E-state index contributed by atoms with van der Waals surface area (Å²) in [5.41, 5.74) is -2.96. The van der Waals surface area contributed by atoms with Crippen molar-refractivity contribution in [1.82, 2.24) is 0 Å². The van der Waals surface area contributed by atoms with Gasteiger partial charge in [0.1, 0.15) is 15.9 Å². The first kappa shape index (κ1) is 16.3. The quantitative estimate of drug-likeness (QED) is 0.365. The highest BCUT2D eigenvalue weighted by Crippen LogP contribution is 2.35. The van der Waals surface area contributed by atoms with Crippen LogP contribution in [0, 0.1) is 34.9 Å². The van der Waals surface area contributed by atoms with Crippen LogP contribution in [0.2, 0.25) is 0 Å². The zero-order chi connectivity index (χ0) is 16.8. The molecule has 0 fully saturated rings. The Balaban J connectivity index is 2.99. The SMILES string of the molecule is O=S(=O)([O-])c1ccc(F)cc1-c1c(F)c(F)c(F)c(F)c1F. The maximum atomic E-state index is 13.6. The summed E-state index contributed by atoms with van der Waals surface area (Å²) in [5, 5.41) is 0. The molecule has 22 heavy (non-hydrogen) atoms. The molecule has 118 valence electrons. The Morgan fingerprint density at radius 3 is 1.68 bits per heavy atom. The van der Waals surface area contributed by atoms with E-state index in [1.165, 1.54) is 0 Å². The predicted octanol–water partition coefficient (Wildman–Crippen LogP) is 3.09. The lowest BCUT2D eigenvalue weighted by Gasteiger charge is -2.15. The highest BCUT2D eigenvalue weighted by molar-refractivity contribution is 7.85. The third kappa shape index (κ3) is 2.55. The van der Waals surface area contributed by atoms with E-state index < -0.39 is 61.0 Å². The van der Waals surface area contributed by atoms with Crippen LogP contribution in [0.5, 0.6) is 0 Å². The van der Waals surface area contributed by atoms with Crippen LogP contribution in [-0.2, 0) is 10.1 Å². The molecule has 0 aliphatic heterocycles. The van der Waals surface area contributed by atoms with E-state index in [9.17, 15) is 39.3 Å². The van der Waals surface area contributed by atoms with Crippen molar-refractivity contribution in [2.45, 2.75) is 4.90 Å². The molecule has 2 aromatic carbocycles. The van der Waals surface area contributed by atoms with E-state index in [2.05, 4.69) is 0 Å². The number of hydrogen-bond acceptors (Lipinski definition) is 3. The van der Waals surface area contributed by atoms with Gasteiger partial charge in [0.2, 0.25) is 5.82 Å². The summed E-state index contributed by atoms with van der Waals surface area (Å²) < 4.78 is 113. The molecule has 0 unspecified atom stereocenters. The third-order valence-corrected chi connectivity index (χ3v) is 3.58. The van der Waals surface area contributed by atoms with Crippen molar-refractivity contribution in [2.24, 2.45) is 0 Å². The molecule has 0 saturated heterocycles. The van der Waals surface area contributed by atoms with Crippen molar-refractivity contribution in [1.29, 1.82) is 0 Å². The Morgan fingerprint density at radius 1 is 0.773 bits per heavy atom. The van der Waals surface area contributed by atoms with E-state index in [1.807, 2.05) is 0 Å². The fourth-order valence-electron chi connectivity index (χ4n) is 1.76. The van der Waals surface area contributed by atoms with Crippen molar-refractivity contribution in [2.75, 3.05) is 0 Å². The molecule has 0 N–H and O–H groups in total. The van der Waals surface area contributed by atoms with Crippen molar-refractivity contribution in [3.8, 4) is 11.1 Å². The lowest BCUT2D eigenvalue weighted by Crippen LogP contribution is -2.08. The van der Waals surface area contributed by atoms with Crippen LogP contribution in [0.15, 0.2) is 23.1 Å². The number of benzene rings is 2. The second-order valence-corrected chi connectivity index (χ2v) is 5.39. The van der Waals surface area contributed by atoms with Crippen molar-refractivity contribution in [3.63, 3.8) is 0 Å². The fraction of sp³-hybridized carbons (Fsp3) is 0. The normalized spacial score (nSPS) is 11.8. The van der Waals surface area contributed by atoms with Gasteiger partial charge in [0.15, 0.2) is 23.3 Å². The lowest BCUT2D eigenvalue weighted by atomic mass is 10.0. The Kier molecular flexibility index (Phi) is 3.92. The molecule has 0 aliphatic rings. The molecule has 2 aromatic rings. The Labute approximate surface area is 119 Å². The van der Waals surface area contributed by atoms with Gasteiger partial charge in [-0.3, -0.25) is 0 Å². The minimum absolute atomic E-state index is 0.184. The molecular formula is C12H3F6O3S-. The van der Waals surface area contributed by atoms with Crippen LogP contribution in [-0.4, -0.2) is 13.0 Å². The van der Waals surface area contributed by atoms with Gasteiger partial charge in [0.25, 0.3) is 0 Å². The average molecular weight is 341 g/mol. The molecule has 0 bridgehead atoms. The highest BCUT2D eigenvalue weighted by Gasteiger charge is 2.29. The van der Waals surface area contributed by atoms with Crippen molar-refractivity contribution in [3.05, 3.63) is 53.1 Å². The molecule has 0 aliphatic carbocycles. The first-order valence-corrected chi connectivity index (χ1v) is 6.73. The summed E-state index contributed by atoms with van der Waals surface area (Å²) in [4.78, 5) is -1.32. The molecule has 0 atom stereocenters. The molecule has 0 amide bonds. The number of hydrogen-bond donors (Lipinski definition) is 0. The summed E-state index contributed by atoms with van der Waals surface area (Å²) in [5.74, 6) is -13.2. The monoisotopic (exact) mass is 341 g/mol. The van der Waals surface area contributed by atoms with Crippen LogP contribution >= 0.6 is 0 Å². The summed E-state index contributed by atoms with van der Waals surface area (Å²) in [6, 6.07) is 1.04. The minimum atomic E-state index is -5.36. The summed E-state index contributed by atoms with van der Waals surface area (Å²) in [6.45, 7) is 0. The van der Waals surface area contributed by atoms with Gasteiger partial charge in [0.05, 0.1) is 10.5 Å². The van der Waals surface area contributed by atoms with Crippen LogP contribution in [0.1, 0.15) is 0 Å². The molecule has 3 nitrogen and oxygen atoms in total. The first-order chi connectivity index (χ1) is 10.1. The third-order valence-electron chi connectivity index (χ3n) is 2.69. The van der Waals surface area contributed by atoms with Crippen molar-refractivity contribution >= 4 is 10.1 Å². The maximum Gasteiger partial charge on any atom is 0.200 e. The standard InChI is InChI=1S/C12H4F6O3S/c13-4-1-2-6(22(19,20)21)5(3-4)7-8(14)10(16)12(18)11(17)9(7)15/h1-3H,(H,19,20,21)/p-1. The van der Waals surface area contributed by atoms with Crippen LogP contribution in [0.25, 0.3) is 11.1 Å². The molecule has 0 spiro atoms. The van der Waals surface area contributed by atoms with Gasteiger partial charge in [-0.25, -0.2) is 34.8 Å². The summed E-state index contributed by atoms with van der Waals surface area (Å²) in [6.07, 6.45) is 0. The Bertz CT molecular complexity index is 850. The zero-order valence-corrected chi connectivity index (χ0v) is 10.9. The van der Waals surface area contributed by atoms with Gasteiger partial charge < -0.3 is 4.55 Å². The van der Waals surface area contributed by atoms with Crippen LogP contribution in [0.4, 0.5) is 26.3 Å². The predicted molar refractivity (Wildman–Crippen MR) is 59.6 cm³/mol. The Morgan fingerprint density at radius 2 is 1.23 bits per heavy atom. The fourth-order valence-corrected chi connectivity index (χ4v) is 2.42. The maximum absolute atomic E-state index is 13.6. The van der Waals surface area contributed by atoms with E-state index in [-0.39, 0.29) is 6.07 Å². The van der Waals surface area contributed by atoms with Gasteiger partial charge in [-0.2, -0.15) is 0 Å². The highest BCUT2D eigenvalue weighted by atomic mass is 32.2. The van der Waals surface area contributed by atoms with E-state index in [1.54, 1.807) is 0 Å². The molecule has 10 heteroatoms. The lowest BCUT2D eigenvalue weighted by molar-refractivity contribution is 0.381. The van der Waals surface area contributed by atoms with Gasteiger partial charge >= 0.3 is 0 Å². The second-order valence-electron chi connectivity index (χ2n) is 4.04. The van der Waals surface area contributed by atoms with Gasteiger partial charge in [0, 0.05) is 5.56 Å². The van der Waals surface area contributed by atoms with E-state index in [0.717, 1.165) is 0 Å². The molecule has 0 heterocycles. The topological polar surface area (TPSA) is 57.2 Å². The molecule has 0 saturated carbocycles. The first-order valence-electron chi connectivity index (χ1n) is 5.33.